The van der Waals surface area contributed by atoms with E-state index >= 15 is 0 Å². The summed E-state index contributed by atoms with van der Waals surface area (Å²) in [5.41, 5.74) is 1.29. The quantitative estimate of drug-likeness (QED) is 0.832. The van der Waals surface area contributed by atoms with Gasteiger partial charge in [-0.1, -0.05) is 12.8 Å². The molecular formula is C13H22N4. The summed E-state index contributed by atoms with van der Waals surface area (Å²) in [5.74, 6) is 1.93. The van der Waals surface area contributed by atoms with Crippen LogP contribution in [0.25, 0.3) is 0 Å². The van der Waals surface area contributed by atoms with Gasteiger partial charge in [0.05, 0.1) is 0 Å². The lowest BCUT2D eigenvalue weighted by atomic mass is 10.1. The molecule has 0 atom stereocenters. The number of nitrogens with one attached hydrogen (secondary N) is 2. The molecule has 1 saturated carbocycles. The van der Waals surface area contributed by atoms with Crippen molar-refractivity contribution in [3.63, 3.8) is 0 Å². The minimum Gasteiger partial charge on any atom is -0.345 e. The topological polar surface area (TPSA) is 44.0 Å². The number of aromatic nitrogens is 2. The molecule has 1 aliphatic heterocycles. The molecule has 3 rings (SSSR count). The fourth-order valence-electron chi connectivity index (χ4n) is 2.97. The average molecular weight is 234 g/mol. The summed E-state index contributed by atoms with van der Waals surface area (Å²) in [4.78, 5) is 10.6. The largest absolute Gasteiger partial charge is 0.345 e. The number of hydrogen-bond acceptors (Lipinski definition) is 3. The summed E-state index contributed by atoms with van der Waals surface area (Å²) in [7, 11) is 0. The van der Waals surface area contributed by atoms with Gasteiger partial charge in [0.25, 0.3) is 0 Å². The van der Waals surface area contributed by atoms with E-state index < -0.39 is 0 Å². The molecule has 1 aromatic heterocycles. The molecule has 1 saturated heterocycles. The lowest BCUT2D eigenvalue weighted by Crippen LogP contribution is -2.42. The first-order valence-electron chi connectivity index (χ1n) is 6.88. The Hall–Kier alpha value is -0.870. The van der Waals surface area contributed by atoms with E-state index in [2.05, 4.69) is 20.2 Å². The molecule has 4 heteroatoms. The zero-order valence-corrected chi connectivity index (χ0v) is 10.4. The Bertz CT molecular complexity index is 348. The molecule has 1 aliphatic carbocycles. The van der Waals surface area contributed by atoms with Gasteiger partial charge in [-0.15, -0.1) is 0 Å². The number of hydrogen-bond donors (Lipinski definition) is 2. The molecule has 2 aliphatic rings. The van der Waals surface area contributed by atoms with Gasteiger partial charge in [-0.2, -0.15) is 0 Å². The molecule has 0 aromatic carbocycles. The maximum Gasteiger partial charge on any atom is 0.109 e. The normalized spacial score (nSPS) is 23.3. The van der Waals surface area contributed by atoms with E-state index in [1.165, 1.54) is 37.2 Å². The monoisotopic (exact) mass is 234 g/mol. The zero-order valence-electron chi connectivity index (χ0n) is 10.4. The van der Waals surface area contributed by atoms with E-state index in [1.54, 1.807) is 0 Å². The van der Waals surface area contributed by atoms with Crippen LogP contribution in [-0.4, -0.2) is 41.0 Å². The fraction of sp³-hybridized carbons (Fsp3) is 0.769. The second-order valence-corrected chi connectivity index (χ2v) is 5.30. The van der Waals surface area contributed by atoms with Gasteiger partial charge >= 0.3 is 0 Å². The average Bonchev–Trinajstić information content (AvgIpc) is 3.00. The molecule has 0 amide bonds. The minimum atomic E-state index is 0.701. The van der Waals surface area contributed by atoms with Crippen LogP contribution in [0, 0.1) is 0 Å². The van der Waals surface area contributed by atoms with E-state index in [4.69, 9.17) is 0 Å². The maximum absolute atomic E-state index is 4.57. The Kier molecular flexibility index (Phi) is 3.43. The highest BCUT2D eigenvalue weighted by Gasteiger charge is 2.20. The van der Waals surface area contributed by atoms with Crippen molar-refractivity contribution in [2.45, 2.75) is 38.1 Å². The van der Waals surface area contributed by atoms with Crippen molar-refractivity contribution in [3.8, 4) is 0 Å². The molecule has 1 aromatic rings. The predicted octanol–water partition coefficient (Wildman–Crippen LogP) is 1.47. The predicted molar refractivity (Wildman–Crippen MR) is 67.9 cm³/mol. The van der Waals surface area contributed by atoms with Crippen LogP contribution in [0.15, 0.2) is 6.20 Å². The molecule has 0 unspecified atom stereocenters. The van der Waals surface area contributed by atoms with E-state index in [9.17, 15) is 0 Å². The van der Waals surface area contributed by atoms with Crippen LogP contribution >= 0.6 is 0 Å². The minimum absolute atomic E-state index is 0.701. The molecular weight excluding hydrogens is 212 g/mol. The Morgan fingerprint density at radius 3 is 2.76 bits per heavy atom. The molecule has 2 fully saturated rings. The summed E-state index contributed by atoms with van der Waals surface area (Å²) in [6.45, 7) is 5.56. The van der Waals surface area contributed by atoms with E-state index in [-0.39, 0.29) is 0 Å². The summed E-state index contributed by atoms with van der Waals surface area (Å²) < 4.78 is 0. The third-order valence-electron chi connectivity index (χ3n) is 3.99. The molecule has 4 nitrogen and oxygen atoms in total. The summed E-state index contributed by atoms with van der Waals surface area (Å²) in [6.07, 6.45) is 7.42. The summed E-state index contributed by atoms with van der Waals surface area (Å²) in [6, 6.07) is 0. The van der Waals surface area contributed by atoms with Crippen molar-refractivity contribution in [2.24, 2.45) is 0 Å². The zero-order chi connectivity index (χ0) is 11.5. The standard InChI is InChI=1S/C13H22N4/c1-2-4-11(3-1)13-15-9-12(16-13)10-17-7-5-14-6-8-17/h9,11,14H,1-8,10H2,(H,15,16). The highest BCUT2D eigenvalue weighted by atomic mass is 15.2. The number of H-pyrrole nitrogens is 1. The Morgan fingerprint density at radius 1 is 1.24 bits per heavy atom. The van der Waals surface area contributed by atoms with Crippen LogP contribution < -0.4 is 5.32 Å². The van der Waals surface area contributed by atoms with Crippen LogP contribution in [0.3, 0.4) is 0 Å². The van der Waals surface area contributed by atoms with E-state index in [0.29, 0.717) is 5.92 Å². The molecule has 0 bridgehead atoms. The molecule has 0 spiro atoms. The van der Waals surface area contributed by atoms with Gasteiger partial charge in [-0.05, 0) is 12.8 Å². The maximum atomic E-state index is 4.57. The van der Waals surface area contributed by atoms with Crippen LogP contribution in [-0.2, 0) is 6.54 Å². The van der Waals surface area contributed by atoms with Crippen LogP contribution in [0.4, 0.5) is 0 Å². The first-order valence-corrected chi connectivity index (χ1v) is 6.88. The highest BCUT2D eigenvalue weighted by Crippen LogP contribution is 2.32. The van der Waals surface area contributed by atoms with E-state index in [0.717, 1.165) is 32.7 Å². The van der Waals surface area contributed by atoms with Crippen molar-refractivity contribution in [3.05, 3.63) is 17.7 Å². The number of piperazine rings is 1. The summed E-state index contributed by atoms with van der Waals surface area (Å²) in [5, 5.41) is 3.38. The van der Waals surface area contributed by atoms with Crippen LogP contribution in [0.5, 0.6) is 0 Å². The lowest BCUT2D eigenvalue weighted by molar-refractivity contribution is 0.231. The third-order valence-corrected chi connectivity index (χ3v) is 3.99. The molecule has 2 heterocycles. The van der Waals surface area contributed by atoms with Crippen molar-refractivity contribution < 1.29 is 0 Å². The van der Waals surface area contributed by atoms with Gasteiger partial charge in [0.15, 0.2) is 0 Å². The van der Waals surface area contributed by atoms with Gasteiger partial charge in [-0.3, -0.25) is 4.90 Å². The second-order valence-electron chi connectivity index (χ2n) is 5.30. The number of imidazole rings is 1. The van der Waals surface area contributed by atoms with Crippen molar-refractivity contribution >= 4 is 0 Å². The molecule has 17 heavy (non-hydrogen) atoms. The van der Waals surface area contributed by atoms with Crippen molar-refractivity contribution in [1.29, 1.82) is 0 Å². The second kappa shape index (κ2) is 5.19. The SMILES string of the molecule is c1nc(C2CCCC2)[nH]c1CN1CCNCC1. The van der Waals surface area contributed by atoms with Crippen LogP contribution in [0.1, 0.15) is 43.1 Å². The number of rotatable bonds is 3. The highest BCUT2D eigenvalue weighted by molar-refractivity contribution is 5.07. The molecule has 2 N–H and O–H groups in total. The molecule has 94 valence electrons. The first-order chi connectivity index (χ1) is 8.42. The number of aromatic amines is 1. The smallest absolute Gasteiger partial charge is 0.109 e. The summed E-state index contributed by atoms with van der Waals surface area (Å²) >= 11 is 0. The molecule has 0 radical (unpaired) electrons. The van der Waals surface area contributed by atoms with Gasteiger partial charge < -0.3 is 10.3 Å². The van der Waals surface area contributed by atoms with Crippen molar-refractivity contribution in [1.82, 2.24) is 20.2 Å². The van der Waals surface area contributed by atoms with Gasteiger partial charge in [0, 0.05) is 50.5 Å². The Morgan fingerprint density at radius 2 is 2.00 bits per heavy atom. The van der Waals surface area contributed by atoms with Gasteiger partial charge in [0.1, 0.15) is 5.82 Å². The first kappa shape index (κ1) is 11.2. The fourth-order valence-corrected chi connectivity index (χ4v) is 2.97. The Labute approximate surface area is 103 Å². The van der Waals surface area contributed by atoms with Crippen LogP contribution in [0.2, 0.25) is 0 Å². The lowest BCUT2D eigenvalue weighted by Gasteiger charge is -2.26. The van der Waals surface area contributed by atoms with E-state index in [1.807, 2.05) is 6.20 Å². The van der Waals surface area contributed by atoms with Crippen molar-refractivity contribution in [2.75, 3.05) is 26.2 Å². The Balaban J connectivity index is 1.59. The van der Waals surface area contributed by atoms with Gasteiger partial charge in [0.2, 0.25) is 0 Å². The number of nitrogens with zero attached hydrogens (tertiary/aromatic N) is 2. The van der Waals surface area contributed by atoms with Gasteiger partial charge in [-0.25, -0.2) is 4.98 Å². The third kappa shape index (κ3) is 2.69.